The molecule has 1 N–H and O–H groups in total. The van der Waals surface area contributed by atoms with Gasteiger partial charge < -0.3 is 14.6 Å². The monoisotopic (exact) mass is 376 g/mol. The molecule has 142 valence electrons. The molecule has 0 saturated heterocycles. The van der Waals surface area contributed by atoms with Crippen LogP contribution in [0.4, 0.5) is 8.78 Å². The van der Waals surface area contributed by atoms with Gasteiger partial charge in [-0.25, -0.2) is 8.78 Å². The summed E-state index contributed by atoms with van der Waals surface area (Å²) in [5.41, 5.74) is 1.81. The van der Waals surface area contributed by atoms with E-state index >= 15 is 0 Å². The van der Waals surface area contributed by atoms with Crippen LogP contribution in [0.2, 0.25) is 0 Å². The molecule has 0 unspecified atom stereocenters. The first-order valence-corrected chi connectivity index (χ1v) is 8.18. The summed E-state index contributed by atoms with van der Waals surface area (Å²) in [5, 5.41) is 10.8. The molecule has 27 heavy (non-hydrogen) atoms. The highest BCUT2D eigenvalue weighted by Gasteiger charge is 2.18. The molecule has 2 aromatic heterocycles. The summed E-state index contributed by atoms with van der Waals surface area (Å²) in [5.74, 6) is -1.97. The second-order valence-electron chi connectivity index (χ2n) is 6.08. The fourth-order valence-corrected chi connectivity index (χ4v) is 2.60. The van der Waals surface area contributed by atoms with Crippen LogP contribution in [0.25, 0.3) is 0 Å². The molecular weight excluding hydrogens is 358 g/mol. The average molecular weight is 376 g/mol. The van der Waals surface area contributed by atoms with Crippen molar-refractivity contribution in [2.75, 3.05) is 0 Å². The van der Waals surface area contributed by atoms with Crippen LogP contribution in [-0.2, 0) is 13.7 Å². The standard InChI is InChI=1S/C18H18F2N4O3/c1-10(14-8-24(3)22-11(14)2)21-18(25)17-7-13(27-23-17)9-26-12-4-5-15(19)16(20)6-12/h4-8,10H,9H2,1-3H3,(H,21,25)/t10-/m0/s1. The molecular formula is C18H18F2N4O3. The summed E-state index contributed by atoms with van der Waals surface area (Å²) in [4.78, 5) is 12.3. The first-order chi connectivity index (χ1) is 12.8. The van der Waals surface area contributed by atoms with Gasteiger partial charge in [-0.1, -0.05) is 5.16 Å². The van der Waals surface area contributed by atoms with E-state index in [1.807, 2.05) is 27.1 Å². The zero-order valence-corrected chi connectivity index (χ0v) is 15.0. The lowest BCUT2D eigenvalue weighted by Crippen LogP contribution is -2.27. The number of halogens is 2. The Labute approximate surface area is 153 Å². The number of amides is 1. The van der Waals surface area contributed by atoms with E-state index in [0.717, 1.165) is 23.4 Å². The maximum Gasteiger partial charge on any atom is 0.273 e. The molecule has 3 aromatic rings. The van der Waals surface area contributed by atoms with Crippen LogP contribution in [0.1, 0.15) is 40.5 Å². The van der Waals surface area contributed by atoms with Gasteiger partial charge in [0.25, 0.3) is 5.91 Å². The van der Waals surface area contributed by atoms with Gasteiger partial charge in [0.05, 0.1) is 11.7 Å². The molecule has 0 aliphatic rings. The Hall–Kier alpha value is -3.23. The first kappa shape index (κ1) is 18.6. The lowest BCUT2D eigenvalue weighted by molar-refractivity contribution is 0.0930. The Bertz CT molecular complexity index is 967. The number of benzene rings is 1. The van der Waals surface area contributed by atoms with Crippen molar-refractivity contribution in [1.29, 1.82) is 0 Å². The van der Waals surface area contributed by atoms with Gasteiger partial charge in [0.1, 0.15) is 12.4 Å². The number of carbonyl (C=O) groups is 1. The predicted molar refractivity (Wildman–Crippen MR) is 91.0 cm³/mol. The molecule has 2 heterocycles. The van der Waals surface area contributed by atoms with E-state index in [1.54, 1.807) is 4.68 Å². The van der Waals surface area contributed by atoms with Crippen molar-refractivity contribution in [3.63, 3.8) is 0 Å². The van der Waals surface area contributed by atoms with Gasteiger partial charge in [-0.2, -0.15) is 5.10 Å². The minimum absolute atomic E-state index is 0.0807. The highest BCUT2D eigenvalue weighted by Crippen LogP contribution is 2.18. The second-order valence-corrected chi connectivity index (χ2v) is 6.08. The Kier molecular flexibility index (Phi) is 5.20. The molecule has 1 atom stereocenters. The van der Waals surface area contributed by atoms with Crippen LogP contribution >= 0.6 is 0 Å². The zero-order valence-electron chi connectivity index (χ0n) is 15.0. The summed E-state index contributed by atoms with van der Waals surface area (Å²) in [6.07, 6.45) is 1.84. The number of nitrogens with one attached hydrogen (secondary N) is 1. The van der Waals surface area contributed by atoms with Gasteiger partial charge in [0, 0.05) is 30.9 Å². The number of aromatic nitrogens is 3. The molecule has 0 saturated carbocycles. The van der Waals surface area contributed by atoms with Gasteiger partial charge in [-0.05, 0) is 26.0 Å². The lowest BCUT2D eigenvalue weighted by atomic mass is 10.1. The predicted octanol–water partition coefficient (Wildman–Crippen LogP) is 3.06. The minimum atomic E-state index is -1.01. The van der Waals surface area contributed by atoms with E-state index in [2.05, 4.69) is 15.6 Å². The van der Waals surface area contributed by atoms with Crippen molar-refractivity contribution in [3.05, 3.63) is 64.8 Å². The molecule has 0 fully saturated rings. The van der Waals surface area contributed by atoms with E-state index < -0.39 is 17.5 Å². The number of carbonyl (C=O) groups excluding carboxylic acids is 1. The van der Waals surface area contributed by atoms with Crippen LogP contribution in [0.15, 0.2) is 35.0 Å². The summed E-state index contributed by atoms with van der Waals surface area (Å²) in [7, 11) is 1.81. The number of hydrogen-bond acceptors (Lipinski definition) is 5. The van der Waals surface area contributed by atoms with E-state index in [4.69, 9.17) is 9.26 Å². The summed E-state index contributed by atoms with van der Waals surface area (Å²) in [6.45, 7) is 3.62. The third kappa shape index (κ3) is 4.30. The Morgan fingerprint density at radius 1 is 1.33 bits per heavy atom. The first-order valence-electron chi connectivity index (χ1n) is 8.18. The molecule has 0 aliphatic carbocycles. The summed E-state index contributed by atoms with van der Waals surface area (Å²) in [6, 6.07) is 4.35. The third-order valence-electron chi connectivity index (χ3n) is 3.93. The van der Waals surface area contributed by atoms with Gasteiger partial charge in [-0.3, -0.25) is 9.48 Å². The van der Waals surface area contributed by atoms with E-state index in [-0.39, 0.29) is 29.9 Å². The normalized spacial score (nSPS) is 12.0. The minimum Gasteiger partial charge on any atom is -0.485 e. The largest absolute Gasteiger partial charge is 0.485 e. The maximum atomic E-state index is 13.2. The van der Waals surface area contributed by atoms with Crippen molar-refractivity contribution in [3.8, 4) is 5.75 Å². The number of nitrogens with zero attached hydrogens (tertiary/aromatic N) is 3. The molecule has 7 nitrogen and oxygen atoms in total. The van der Waals surface area contributed by atoms with Gasteiger partial charge >= 0.3 is 0 Å². The highest BCUT2D eigenvalue weighted by molar-refractivity contribution is 5.92. The number of rotatable bonds is 6. The number of hydrogen-bond donors (Lipinski definition) is 1. The van der Waals surface area contributed by atoms with E-state index in [9.17, 15) is 13.6 Å². The van der Waals surface area contributed by atoms with Gasteiger partial charge in [0.15, 0.2) is 23.1 Å². The van der Waals surface area contributed by atoms with Crippen LogP contribution in [0.5, 0.6) is 5.75 Å². The fourth-order valence-electron chi connectivity index (χ4n) is 2.60. The van der Waals surface area contributed by atoms with Crippen molar-refractivity contribution in [2.24, 2.45) is 7.05 Å². The molecule has 0 radical (unpaired) electrons. The second kappa shape index (κ2) is 7.56. The average Bonchev–Trinajstić information content (AvgIpc) is 3.22. The quantitative estimate of drug-likeness (QED) is 0.715. The van der Waals surface area contributed by atoms with Crippen molar-refractivity contribution in [2.45, 2.75) is 26.5 Å². The Morgan fingerprint density at radius 3 is 2.78 bits per heavy atom. The number of ether oxygens (including phenoxy) is 1. The van der Waals surface area contributed by atoms with E-state index in [0.29, 0.717) is 0 Å². The SMILES string of the molecule is Cc1nn(C)cc1[C@H](C)NC(=O)c1cc(COc2ccc(F)c(F)c2)on1. The fraction of sp³-hybridized carbons (Fsp3) is 0.278. The molecule has 9 heteroatoms. The van der Waals surface area contributed by atoms with Crippen LogP contribution < -0.4 is 10.1 Å². The number of aryl methyl sites for hydroxylation is 2. The molecule has 1 amide bonds. The van der Waals surface area contributed by atoms with Gasteiger partial charge in [0.2, 0.25) is 0 Å². The third-order valence-corrected chi connectivity index (χ3v) is 3.93. The molecule has 3 rings (SSSR count). The maximum absolute atomic E-state index is 13.2. The summed E-state index contributed by atoms with van der Waals surface area (Å²) < 4.78 is 38.1. The lowest BCUT2D eigenvalue weighted by Gasteiger charge is -2.11. The molecule has 1 aromatic carbocycles. The van der Waals surface area contributed by atoms with Crippen molar-refractivity contribution < 1.29 is 22.8 Å². The molecule has 0 bridgehead atoms. The van der Waals surface area contributed by atoms with Crippen LogP contribution in [0, 0.1) is 18.6 Å². The molecule has 0 aliphatic heterocycles. The Balaban J connectivity index is 1.60. The summed E-state index contributed by atoms with van der Waals surface area (Å²) >= 11 is 0. The molecule has 0 spiro atoms. The zero-order chi connectivity index (χ0) is 19.6. The Morgan fingerprint density at radius 2 is 2.11 bits per heavy atom. The van der Waals surface area contributed by atoms with Crippen molar-refractivity contribution >= 4 is 5.91 Å². The van der Waals surface area contributed by atoms with Crippen LogP contribution in [-0.4, -0.2) is 20.8 Å². The highest BCUT2D eigenvalue weighted by atomic mass is 19.2. The smallest absolute Gasteiger partial charge is 0.273 e. The topological polar surface area (TPSA) is 82.2 Å². The van der Waals surface area contributed by atoms with Gasteiger partial charge in [-0.15, -0.1) is 0 Å². The van der Waals surface area contributed by atoms with Crippen LogP contribution in [0.3, 0.4) is 0 Å². The van der Waals surface area contributed by atoms with E-state index in [1.165, 1.54) is 12.1 Å². The van der Waals surface area contributed by atoms with Crippen molar-refractivity contribution in [1.82, 2.24) is 20.3 Å².